The van der Waals surface area contributed by atoms with Gasteiger partial charge in [-0.25, -0.2) is 14.8 Å². The zero-order chi connectivity index (χ0) is 20.0. The van der Waals surface area contributed by atoms with Crippen LogP contribution in [0.1, 0.15) is 45.3 Å². The van der Waals surface area contributed by atoms with Gasteiger partial charge in [0.1, 0.15) is 27.1 Å². The molecule has 0 amide bonds. The Kier molecular flexibility index (Phi) is 4.67. The van der Waals surface area contributed by atoms with Crippen molar-refractivity contribution in [3.8, 4) is 0 Å². The second-order valence-corrected chi connectivity index (χ2v) is 9.30. The first-order valence-electron chi connectivity index (χ1n) is 9.66. The van der Waals surface area contributed by atoms with Crippen LogP contribution in [0.25, 0.3) is 20.4 Å². The van der Waals surface area contributed by atoms with E-state index in [2.05, 4.69) is 4.98 Å². The molecule has 0 unspecified atom stereocenters. The van der Waals surface area contributed by atoms with Gasteiger partial charge in [-0.15, -0.1) is 22.7 Å². The quantitative estimate of drug-likeness (QED) is 0.453. The number of thiazole rings is 1. The summed E-state index contributed by atoms with van der Waals surface area (Å²) in [4.78, 5) is 36.1. The Morgan fingerprint density at radius 2 is 2.03 bits per heavy atom. The average Bonchev–Trinajstić information content (AvgIpc) is 3.18. The Hall–Kier alpha value is -2.58. The van der Waals surface area contributed by atoms with E-state index >= 15 is 0 Å². The molecule has 1 aliphatic heterocycles. The van der Waals surface area contributed by atoms with E-state index in [1.165, 1.54) is 22.7 Å². The van der Waals surface area contributed by atoms with Crippen molar-refractivity contribution in [3.63, 3.8) is 0 Å². The number of hydrogen-bond donors (Lipinski definition) is 0. The minimum atomic E-state index is -0.427. The molecule has 0 saturated heterocycles. The number of nitrogens with zero attached hydrogens (tertiary/aromatic N) is 3. The summed E-state index contributed by atoms with van der Waals surface area (Å²) in [6, 6.07) is 7.84. The van der Waals surface area contributed by atoms with Crippen molar-refractivity contribution < 1.29 is 9.53 Å². The van der Waals surface area contributed by atoms with Gasteiger partial charge in [0.15, 0.2) is 0 Å². The number of carbonyl (C=O) groups excluding carboxylic acids is 1. The van der Waals surface area contributed by atoms with Crippen LogP contribution in [0, 0.1) is 6.92 Å². The highest BCUT2D eigenvalue weighted by molar-refractivity contribution is 7.20. The molecule has 29 heavy (non-hydrogen) atoms. The van der Waals surface area contributed by atoms with Crippen molar-refractivity contribution in [2.45, 2.75) is 45.8 Å². The maximum Gasteiger partial charge on any atom is 0.349 e. The fourth-order valence-corrected chi connectivity index (χ4v) is 5.74. The topological polar surface area (TPSA) is 74.1 Å². The molecule has 3 aromatic heterocycles. The highest BCUT2D eigenvalue weighted by Crippen LogP contribution is 2.29. The molecule has 5 rings (SSSR count). The number of thiophene rings is 1. The Labute approximate surface area is 174 Å². The van der Waals surface area contributed by atoms with E-state index in [0.717, 1.165) is 46.7 Å². The van der Waals surface area contributed by atoms with Gasteiger partial charge in [0, 0.05) is 13.0 Å². The average molecular weight is 426 g/mol. The van der Waals surface area contributed by atoms with Crippen LogP contribution in [0.4, 0.5) is 0 Å². The Bertz CT molecular complexity index is 1270. The third-order valence-electron chi connectivity index (χ3n) is 5.26. The predicted molar refractivity (Wildman–Crippen MR) is 115 cm³/mol. The van der Waals surface area contributed by atoms with E-state index in [9.17, 15) is 9.59 Å². The van der Waals surface area contributed by atoms with Gasteiger partial charge in [0.2, 0.25) is 0 Å². The van der Waals surface area contributed by atoms with Crippen molar-refractivity contribution in [3.05, 3.63) is 55.9 Å². The number of carbonyl (C=O) groups is 1. The summed E-state index contributed by atoms with van der Waals surface area (Å²) in [5.74, 6) is 0.403. The summed E-state index contributed by atoms with van der Waals surface area (Å²) in [6.45, 7) is 2.62. The number of hydrogen-bond acceptors (Lipinski definition) is 7. The number of para-hydroxylation sites is 1. The number of benzene rings is 1. The lowest BCUT2D eigenvalue weighted by Gasteiger charge is -2.08. The second kappa shape index (κ2) is 7.35. The Morgan fingerprint density at radius 1 is 1.17 bits per heavy atom. The molecule has 8 heteroatoms. The number of esters is 1. The van der Waals surface area contributed by atoms with E-state index in [1.807, 2.05) is 24.3 Å². The van der Waals surface area contributed by atoms with Gasteiger partial charge in [-0.1, -0.05) is 18.6 Å². The fourth-order valence-electron chi connectivity index (χ4n) is 3.78. The molecule has 1 aliphatic rings. The summed E-state index contributed by atoms with van der Waals surface area (Å²) in [5, 5.41) is 1.30. The van der Waals surface area contributed by atoms with Crippen LogP contribution in [0.15, 0.2) is 29.1 Å². The Morgan fingerprint density at radius 3 is 2.90 bits per heavy atom. The van der Waals surface area contributed by atoms with Crippen molar-refractivity contribution >= 4 is 49.1 Å². The van der Waals surface area contributed by atoms with E-state index < -0.39 is 5.97 Å². The third-order valence-corrected chi connectivity index (χ3v) is 7.44. The summed E-state index contributed by atoms with van der Waals surface area (Å²) in [5.41, 5.74) is 1.53. The summed E-state index contributed by atoms with van der Waals surface area (Å²) in [6.07, 6.45) is 3.94. The number of aromatic nitrogens is 3. The van der Waals surface area contributed by atoms with Crippen LogP contribution >= 0.6 is 22.7 Å². The molecular weight excluding hydrogens is 406 g/mol. The maximum atomic E-state index is 13.0. The zero-order valence-electron chi connectivity index (χ0n) is 15.9. The van der Waals surface area contributed by atoms with Crippen LogP contribution < -0.4 is 5.56 Å². The van der Waals surface area contributed by atoms with E-state index in [-0.39, 0.29) is 12.2 Å². The molecule has 6 nitrogen and oxygen atoms in total. The lowest BCUT2D eigenvalue weighted by atomic mass is 10.2. The van der Waals surface area contributed by atoms with Crippen LogP contribution in [0.2, 0.25) is 0 Å². The minimum absolute atomic E-state index is 0.0362. The summed E-state index contributed by atoms with van der Waals surface area (Å²) < 4.78 is 8.37. The standard InChI is InChI=1S/C21H19N3O3S2/c1-12-17-19(23-15-9-3-2-6-10-24(15)20(17)25)29-18(12)21(26)27-11-16-22-13-7-4-5-8-14(13)28-16/h4-5,7-8H,2-3,6,9-11H2,1H3. The SMILES string of the molecule is Cc1c(C(=O)OCc2nc3ccccc3s2)sc2nc3n(c(=O)c12)CCCCC3. The van der Waals surface area contributed by atoms with Crippen molar-refractivity contribution in [1.29, 1.82) is 0 Å². The largest absolute Gasteiger partial charge is 0.454 e. The molecule has 0 radical (unpaired) electrons. The summed E-state index contributed by atoms with van der Waals surface area (Å²) >= 11 is 2.76. The third kappa shape index (κ3) is 3.26. The highest BCUT2D eigenvalue weighted by atomic mass is 32.1. The molecule has 0 fully saturated rings. The molecular formula is C21H19N3O3S2. The highest BCUT2D eigenvalue weighted by Gasteiger charge is 2.23. The summed E-state index contributed by atoms with van der Waals surface area (Å²) in [7, 11) is 0. The molecule has 0 saturated carbocycles. The van der Waals surface area contributed by atoms with Crippen molar-refractivity contribution in [2.75, 3.05) is 0 Å². The van der Waals surface area contributed by atoms with Gasteiger partial charge < -0.3 is 4.74 Å². The number of ether oxygens (including phenoxy) is 1. The first kappa shape index (κ1) is 18.4. The molecule has 4 aromatic rings. The smallest absolute Gasteiger partial charge is 0.349 e. The molecule has 0 bridgehead atoms. The van der Waals surface area contributed by atoms with Crippen molar-refractivity contribution in [2.24, 2.45) is 0 Å². The lowest BCUT2D eigenvalue weighted by molar-refractivity contribution is 0.0478. The molecule has 0 spiro atoms. The molecule has 0 aliphatic carbocycles. The molecule has 0 atom stereocenters. The van der Waals surface area contributed by atoms with Gasteiger partial charge in [0.25, 0.3) is 5.56 Å². The van der Waals surface area contributed by atoms with E-state index in [4.69, 9.17) is 9.72 Å². The monoisotopic (exact) mass is 425 g/mol. The van der Waals surface area contributed by atoms with Gasteiger partial charge in [-0.2, -0.15) is 0 Å². The lowest BCUT2D eigenvalue weighted by Crippen LogP contribution is -2.24. The van der Waals surface area contributed by atoms with Crippen LogP contribution in [-0.2, 0) is 24.3 Å². The van der Waals surface area contributed by atoms with E-state index in [0.29, 0.717) is 27.2 Å². The molecule has 4 heterocycles. The predicted octanol–water partition coefficient (Wildman–Crippen LogP) is 4.46. The van der Waals surface area contributed by atoms with Crippen molar-refractivity contribution in [1.82, 2.24) is 14.5 Å². The number of aryl methyl sites for hydroxylation is 2. The first-order valence-corrected chi connectivity index (χ1v) is 11.3. The fraction of sp³-hybridized carbons (Fsp3) is 0.333. The number of fused-ring (bicyclic) bond motifs is 3. The molecule has 148 valence electrons. The molecule has 1 aromatic carbocycles. The van der Waals surface area contributed by atoms with Crippen LogP contribution in [0.3, 0.4) is 0 Å². The molecule has 0 N–H and O–H groups in total. The number of rotatable bonds is 3. The normalized spacial score (nSPS) is 14.1. The first-order chi connectivity index (χ1) is 14.1. The Balaban J connectivity index is 1.45. The second-order valence-electron chi connectivity index (χ2n) is 7.18. The minimum Gasteiger partial charge on any atom is -0.454 e. The van der Waals surface area contributed by atoms with E-state index in [1.54, 1.807) is 11.5 Å². The van der Waals surface area contributed by atoms with Gasteiger partial charge in [-0.05, 0) is 37.5 Å². The van der Waals surface area contributed by atoms with Crippen LogP contribution in [0.5, 0.6) is 0 Å². The van der Waals surface area contributed by atoms with Crippen LogP contribution in [-0.4, -0.2) is 20.5 Å². The maximum absolute atomic E-state index is 13.0. The van der Waals surface area contributed by atoms with Gasteiger partial charge in [0.05, 0.1) is 15.6 Å². The van der Waals surface area contributed by atoms with Gasteiger partial charge in [-0.3, -0.25) is 9.36 Å². The zero-order valence-corrected chi connectivity index (χ0v) is 17.6. The van der Waals surface area contributed by atoms with Gasteiger partial charge >= 0.3 is 5.97 Å².